The molecule has 13 heavy (non-hydrogen) atoms. The molecule has 1 N–H and O–H groups in total. The molecule has 0 aromatic heterocycles. The van der Waals surface area contributed by atoms with Crippen molar-refractivity contribution in [2.75, 3.05) is 6.54 Å². The van der Waals surface area contributed by atoms with Crippen LogP contribution in [-0.2, 0) is 0 Å². The van der Waals surface area contributed by atoms with Gasteiger partial charge in [0.1, 0.15) is 0 Å². The van der Waals surface area contributed by atoms with Crippen molar-refractivity contribution < 1.29 is 0 Å². The summed E-state index contributed by atoms with van der Waals surface area (Å²) in [7, 11) is 0. The third-order valence-electron chi connectivity index (χ3n) is 4.88. The minimum atomic E-state index is 0.536. The second-order valence-electron chi connectivity index (χ2n) is 5.53. The molecular formula is C12H23N. The van der Waals surface area contributed by atoms with Gasteiger partial charge in [0, 0.05) is 12.1 Å². The molecule has 1 saturated carbocycles. The molecule has 0 aromatic rings. The normalized spacial score (nSPS) is 50.5. The van der Waals surface area contributed by atoms with Crippen LogP contribution < -0.4 is 5.32 Å². The Morgan fingerprint density at radius 3 is 2.31 bits per heavy atom. The molecule has 1 saturated heterocycles. The van der Waals surface area contributed by atoms with Gasteiger partial charge in [-0.05, 0) is 43.4 Å². The van der Waals surface area contributed by atoms with E-state index in [1.54, 1.807) is 0 Å². The van der Waals surface area contributed by atoms with Crippen LogP contribution in [0.3, 0.4) is 0 Å². The van der Waals surface area contributed by atoms with Crippen LogP contribution in [0, 0.1) is 11.3 Å². The van der Waals surface area contributed by atoms with Gasteiger partial charge in [-0.3, -0.25) is 0 Å². The number of nitrogens with one attached hydrogen (secondary N) is 1. The second kappa shape index (κ2) is 2.98. The minimum absolute atomic E-state index is 0.536. The Labute approximate surface area is 82.3 Å². The molecule has 1 heteroatoms. The summed E-state index contributed by atoms with van der Waals surface area (Å²) < 4.78 is 0. The molecule has 1 heterocycles. The van der Waals surface area contributed by atoms with Crippen molar-refractivity contribution in [3.05, 3.63) is 0 Å². The third-order valence-corrected chi connectivity index (χ3v) is 4.88. The second-order valence-corrected chi connectivity index (χ2v) is 5.53. The van der Waals surface area contributed by atoms with Crippen LogP contribution in [-0.4, -0.2) is 12.1 Å². The average molecular weight is 181 g/mol. The zero-order valence-electron chi connectivity index (χ0n) is 9.32. The summed E-state index contributed by atoms with van der Waals surface area (Å²) in [5.41, 5.74) is 1.14. The van der Waals surface area contributed by atoms with Crippen molar-refractivity contribution >= 4 is 0 Å². The Morgan fingerprint density at radius 2 is 1.92 bits per heavy atom. The SMILES string of the molecule is CCC1(C)CNC12CCC(C)CC2. The van der Waals surface area contributed by atoms with E-state index >= 15 is 0 Å². The molecule has 1 aliphatic heterocycles. The van der Waals surface area contributed by atoms with Gasteiger partial charge in [0.05, 0.1) is 0 Å². The fourth-order valence-electron chi connectivity index (χ4n) is 3.14. The van der Waals surface area contributed by atoms with Gasteiger partial charge in [0.2, 0.25) is 0 Å². The van der Waals surface area contributed by atoms with E-state index in [1.807, 2.05) is 0 Å². The van der Waals surface area contributed by atoms with E-state index in [0.29, 0.717) is 11.0 Å². The van der Waals surface area contributed by atoms with E-state index < -0.39 is 0 Å². The van der Waals surface area contributed by atoms with Gasteiger partial charge in [-0.15, -0.1) is 0 Å². The first kappa shape index (κ1) is 9.51. The molecule has 2 rings (SSSR count). The van der Waals surface area contributed by atoms with Crippen LogP contribution in [0.4, 0.5) is 0 Å². The monoisotopic (exact) mass is 181 g/mol. The molecule has 2 aliphatic rings. The highest BCUT2D eigenvalue weighted by molar-refractivity contribution is 5.12. The lowest BCUT2D eigenvalue weighted by molar-refractivity contribution is -0.0416. The predicted octanol–water partition coefficient (Wildman–Crippen LogP) is 2.95. The van der Waals surface area contributed by atoms with Crippen molar-refractivity contribution in [2.24, 2.45) is 11.3 Å². The molecular weight excluding hydrogens is 158 g/mol. The summed E-state index contributed by atoms with van der Waals surface area (Å²) in [5.74, 6) is 0.967. The topological polar surface area (TPSA) is 12.0 Å². The number of hydrogen-bond donors (Lipinski definition) is 1. The van der Waals surface area contributed by atoms with Crippen molar-refractivity contribution in [1.29, 1.82) is 0 Å². The lowest BCUT2D eigenvalue weighted by atomic mass is 9.56. The van der Waals surface area contributed by atoms with Gasteiger partial charge in [-0.2, -0.15) is 0 Å². The van der Waals surface area contributed by atoms with E-state index in [4.69, 9.17) is 0 Å². The Hall–Kier alpha value is -0.0400. The highest BCUT2D eigenvalue weighted by Gasteiger charge is 2.54. The summed E-state index contributed by atoms with van der Waals surface area (Å²) in [6.45, 7) is 8.47. The van der Waals surface area contributed by atoms with E-state index in [2.05, 4.69) is 26.1 Å². The zero-order chi connectivity index (χ0) is 9.53. The van der Waals surface area contributed by atoms with Gasteiger partial charge in [-0.25, -0.2) is 0 Å². The maximum Gasteiger partial charge on any atom is 0.0247 e. The van der Waals surface area contributed by atoms with Crippen molar-refractivity contribution in [2.45, 2.75) is 58.4 Å². The Morgan fingerprint density at radius 1 is 1.31 bits per heavy atom. The standard InChI is InChI=1S/C12H23N/c1-4-11(3)9-13-12(11)7-5-10(2)6-8-12/h10,13H,4-9H2,1-3H3. The molecule has 1 unspecified atom stereocenters. The maximum atomic E-state index is 3.72. The summed E-state index contributed by atoms with van der Waals surface area (Å²) in [6, 6.07) is 0. The van der Waals surface area contributed by atoms with E-state index in [-0.39, 0.29) is 0 Å². The van der Waals surface area contributed by atoms with Crippen molar-refractivity contribution in [3.63, 3.8) is 0 Å². The Bertz CT molecular complexity index is 187. The van der Waals surface area contributed by atoms with Gasteiger partial charge < -0.3 is 5.32 Å². The molecule has 1 atom stereocenters. The number of rotatable bonds is 1. The molecule has 0 bridgehead atoms. The molecule has 0 aromatic carbocycles. The highest BCUT2D eigenvalue weighted by atomic mass is 15.1. The predicted molar refractivity (Wildman–Crippen MR) is 56.8 cm³/mol. The zero-order valence-corrected chi connectivity index (χ0v) is 9.32. The lowest BCUT2D eigenvalue weighted by Crippen LogP contribution is -2.72. The Kier molecular flexibility index (Phi) is 2.18. The first-order valence-electron chi connectivity index (χ1n) is 5.87. The molecule has 76 valence electrons. The van der Waals surface area contributed by atoms with Crippen LogP contribution in [0.15, 0.2) is 0 Å². The minimum Gasteiger partial charge on any atom is -0.310 e. The summed E-state index contributed by atoms with van der Waals surface area (Å²) in [6.07, 6.45) is 7.04. The molecule has 2 fully saturated rings. The fourth-order valence-corrected chi connectivity index (χ4v) is 3.14. The quantitative estimate of drug-likeness (QED) is 0.656. The summed E-state index contributed by atoms with van der Waals surface area (Å²) >= 11 is 0. The first-order valence-corrected chi connectivity index (χ1v) is 5.87. The van der Waals surface area contributed by atoms with Crippen LogP contribution in [0.25, 0.3) is 0 Å². The largest absolute Gasteiger partial charge is 0.310 e. The van der Waals surface area contributed by atoms with E-state index in [9.17, 15) is 0 Å². The van der Waals surface area contributed by atoms with Crippen LogP contribution in [0.1, 0.15) is 52.9 Å². The van der Waals surface area contributed by atoms with Gasteiger partial charge >= 0.3 is 0 Å². The molecule has 0 radical (unpaired) electrons. The van der Waals surface area contributed by atoms with Crippen LogP contribution in [0.2, 0.25) is 0 Å². The molecule has 1 aliphatic carbocycles. The van der Waals surface area contributed by atoms with Gasteiger partial charge in [0.25, 0.3) is 0 Å². The summed E-state index contributed by atoms with van der Waals surface area (Å²) in [5, 5.41) is 3.72. The van der Waals surface area contributed by atoms with Crippen LogP contribution in [0.5, 0.6) is 0 Å². The van der Waals surface area contributed by atoms with Gasteiger partial charge in [0.15, 0.2) is 0 Å². The maximum absolute atomic E-state index is 3.72. The van der Waals surface area contributed by atoms with Crippen molar-refractivity contribution in [3.8, 4) is 0 Å². The lowest BCUT2D eigenvalue weighted by Gasteiger charge is -2.61. The number of hydrogen-bond acceptors (Lipinski definition) is 1. The smallest absolute Gasteiger partial charge is 0.0247 e. The van der Waals surface area contributed by atoms with E-state index in [1.165, 1.54) is 38.6 Å². The van der Waals surface area contributed by atoms with E-state index in [0.717, 1.165) is 5.92 Å². The molecule has 1 spiro atoms. The Balaban J connectivity index is 2.06. The first-order chi connectivity index (χ1) is 6.12. The van der Waals surface area contributed by atoms with Crippen molar-refractivity contribution in [1.82, 2.24) is 5.32 Å². The highest BCUT2D eigenvalue weighted by Crippen LogP contribution is 2.50. The fraction of sp³-hybridized carbons (Fsp3) is 1.00. The average Bonchev–Trinajstić information content (AvgIpc) is 2.16. The molecule has 1 nitrogen and oxygen atoms in total. The van der Waals surface area contributed by atoms with Crippen LogP contribution >= 0.6 is 0 Å². The summed E-state index contributed by atoms with van der Waals surface area (Å²) in [4.78, 5) is 0. The van der Waals surface area contributed by atoms with Gasteiger partial charge in [-0.1, -0.05) is 20.8 Å². The molecule has 0 amide bonds. The third kappa shape index (κ3) is 1.24.